The smallest absolute Gasteiger partial charge is 0.320 e. The molecule has 5 nitrogen and oxygen atoms in total. The Labute approximate surface area is 110 Å². The second-order valence-electron chi connectivity index (χ2n) is 3.57. The van der Waals surface area contributed by atoms with Crippen molar-refractivity contribution in [1.29, 1.82) is 0 Å². The molecule has 1 atom stereocenters. The van der Waals surface area contributed by atoms with Crippen LogP contribution in [0.3, 0.4) is 0 Å². The van der Waals surface area contributed by atoms with Crippen LogP contribution >= 0.6 is 23.1 Å². The van der Waals surface area contributed by atoms with Gasteiger partial charge < -0.3 is 10.1 Å². The predicted molar refractivity (Wildman–Crippen MR) is 70.0 cm³/mol. The highest BCUT2D eigenvalue weighted by molar-refractivity contribution is 7.11. The van der Waals surface area contributed by atoms with Crippen LogP contribution in [0.25, 0.3) is 0 Å². The summed E-state index contributed by atoms with van der Waals surface area (Å²) in [6.45, 7) is 4.26. The first-order valence-corrected chi connectivity index (χ1v) is 6.41. The van der Waals surface area contributed by atoms with Gasteiger partial charge in [-0.3, -0.25) is 5.32 Å². The third-order valence-corrected chi connectivity index (χ3v) is 3.64. The van der Waals surface area contributed by atoms with E-state index in [9.17, 15) is 4.79 Å². The van der Waals surface area contributed by atoms with Crippen LogP contribution in [0.4, 0.5) is 9.80 Å². The first-order valence-electron chi connectivity index (χ1n) is 5.26. The Balaban J connectivity index is 2.52. The summed E-state index contributed by atoms with van der Waals surface area (Å²) in [5.74, 6) is 0. The van der Waals surface area contributed by atoms with Crippen molar-refractivity contribution in [2.45, 2.75) is 26.3 Å². The van der Waals surface area contributed by atoms with Gasteiger partial charge >= 0.3 is 6.03 Å². The molecule has 0 aliphatic rings. The molecule has 2 amide bonds. The van der Waals surface area contributed by atoms with E-state index in [1.54, 1.807) is 14.0 Å². The number of hydrogen-bond donors (Lipinski definition) is 2. The fourth-order valence-electron chi connectivity index (χ4n) is 1.22. The minimum absolute atomic E-state index is 0.00667. The zero-order valence-electron chi connectivity index (χ0n) is 10.0. The maximum atomic E-state index is 11.7. The lowest BCUT2D eigenvalue weighted by molar-refractivity contribution is 0.166. The van der Waals surface area contributed by atoms with Crippen LogP contribution in [0.2, 0.25) is 5.02 Å². The van der Waals surface area contributed by atoms with Crippen molar-refractivity contribution in [3.05, 3.63) is 10.7 Å². The Bertz CT molecular complexity index is 384. The van der Waals surface area contributed by atoms with Gasteiger partial charge in [-0.05, 0) is 24.9 Å². The number of anilines is 1. The predicted octanol–water partition coefficient (Wildman–Crippen LogP) is 2.65. The van der Waals surface area contributed by atoms with Crippen molar-refractivity contribution < 1.29 is 9.53 Å². The Morgan fingerprint density at radius 3 is 2.82 bits per heavy atom. The molecule has 7 heteroatoms. The number of aryl methyl sites for hydroxylation is 1. The third-order valence-electron chi connectivity index (χ3n) is 2.21. The van der Waals surface area contributed by atoms with Gasteiger partial charge in [-0.2, -0.15) is 4.37 Å². The molecule has 0 aliphatic heterocycles. The summed E-state index contributed by atoms with van der Waals surface area (Å²) >= 11 is 7.13. The standard InChI is InChI=1S/C10H16ClN3O2S/c1-4-7(5-16-3)12-10(15)13-9-8(11)6(2)14-17-9/h7H,4-5H2,1-3H3,(H2,12,13,15)/t7-/m1/s1. The molecule has 1 heterocycles. The van der Waals surface area contributed by atoms with E-state index in [1.165, 1.54) is 11.5 Å². The van der Waals surface area contributed by atoms with Crippen LogP contribution in [0.5, 0.6) is 0 Å². The minimum Gasteiger partial charge on any atom is -0.383 e. The zero-order valence-corrected chi connectivity index (χ0v) is 11.6. The fraction of sp³-hybridized carbons (Fsp3) is 0.600. The molecule has 1 aromatic heterocycles. The van der Waals surface area contributed by atoms with Crippen LogP contribution in [-0.4, -0.2) is 30.2 Å². The number of amides is 2. The molecule has 1 aromatic rings. The van der Waals surface area contributed by atoms with E-state index in [1.807, 2.05) is 6.92 Å². The lowest BCUT2D eigenvalue weighted by Crippen LogP contribution is -2.40. The van der Waals surface area contributed by atoms with Gasteiger partial charge in [-0.15, -0.1) is 0 Å². The first kappa shape index (κ1) is 14.2. The number of halogens is 1. The van der Waals surface area contributed by atoms with Crippen LogP contribution < -0.4 is 10.6 Å². The molecule has 0 aliphatic carbocycles. The van der Waals surface area contributed by atoms with Crippen molar-refractivity contribution in [3.8, 4) is 0 Å². The number of methoxy groups -OCH3 is 1. The van der Waals surface area contributed by atoms with Crippen LogP contribution in [0.15, 0.2) is 0 Å². The lowest BCUT2D eigenvalue weighted by Gasteiger charge is -2.15. The van der Waals surface area contributed by atoms with E-state index in [0.29, 0.717) is 16.6 Å². The number of nitrogens with one attached hydrogen (secondary N) is 2. The molecule has 0 radical (unpaired) electrons. The lowest BCUT2D eigenvalue weighted by atomic mass is 10.2. The topological polar surface area (TPSA) is 63.2 Å². The maximum absolute atomic E-state index is 11.7. The molecule has 0 spiro atoms. The molecule has 0 saturated heterocycles. The zero-order chi connectivity index (χ0) is 12.8. The number of rotatable bonds is 5. The van der Waals surface area contributed by atoms with Crippen LogP contribution in [0.1, 0.15) is 19.0 Å². The third kappa shape index (κ3) is 4.14. The Hall–Kier alpha value is -0.850. The monoisotopic (exact) mass is 277 g/mol. The summed E-state index contributed by atoms with van der Waals surface area (Å²) in [4.78, 5) is 11.7. The Morgan fingerprint density at radius 1 is 1.65 bits per heavy atom. The molecular weight excluding hydrogens is 262 g/mol. The van der Waals surface area contributed by atoms with Gasteiger partial charge in [0.15, 0.2) is 0 Å². The first-order chi connectivity index (χ1) is 8.08. The van der Waals surface area contributed by atoms with Crippen molar-refractivity contribution in [2.24, 2.45) is 0 Å². The number of carbonyl (C=O) groups excluding carboxylic acids is 1. The molecule has 0 aromatic carbocycles. The Morgan fingerprint density at radius 2 is 2.35 bits per heavy atom. The van der Waals surface area contributed by atoms with Gasteiger partial charge in [0.05, 0.1) is 23.4 Å². The molecule has 17 heavy (non-hydrogen) atoms. The molecule has 0 fully saturated rings. The average Bonchev–Trinajstić information content (AvgIpc) is 2.60. The fourth-order valence-corrected chi connectivity index (χ4v) is 2.15. The number of aromatic nitrogens is 1. The van der Waals surface area contributed by atoms with Gasteiger partial charge in [0.2, 0.25) is 0 Å². The maximum Gasteiger partial charge on any atom is 0.320 e. The molecule has 0 unspecified atom stereocenters. The summed E-state index contributed by atoms with van der Waals surface area (Å²) in [6, 6.07) is -0.299. The van der Waals surface area contributed by atoms with Crippen LogP contribution in [0, 0.1) is 6.92 Å². The van der Waals surface area contributed by atoms with Crippen molar-refractivity contribution in [2.75, 3.05) is 19.0 Å². The molecule has 1 rings (SSSR count). The van der Waals surface area contributed by atoms with Gasteiger partial charge in [0, 0.05) is 7.11 Å². The van der Waals surface area contributed by atoms with E-state index >= 15 is 0 Å². The summed E-state index contributed by atoms with van der Waals surface area (Å²) in [6.07, 6.45) is 0.802. The molecule has 0 bridgehead atoms. The van der Waals surface area contributed by atoms with Gasteiger partial charge in [0.25, 0.3) is 0 Å². The highest BCUT2D eigenvalue weighted by Gasteiger charge is 2.14. The number of ether oxygens (including phenoxy) is 1. The van der Waals surface area contributed by atoms with Gasteiger partial charge in [-0.1, -0.05) is 18.5 Å². The number of hydrogen-bond acceptors (Lipinski definition) is 4. The Kier molecular flexibility index (Phi) is 5.67. The number of carbonyl (C=O) groups is 1. The highest BCUT2D eigenvalue weighted by atomic mass is 35.5. The van der Waals surface area contributed by atoms with Crippen LogP contribution in [-0.2, 0) is 4.74 Å². The van der Waals surface area contributed by atoms with Gasteiger partial charge in [-0.25, -0.2) is 4.79 Å². The van der Waals surface area contributed by atoms with E-state index < -0.39 is 0 Å². The van der Waals surface area contributed by atoms with Crippen molar-refractivity contribution in [3.63, 3.8) is 0 Å². The summed E-state index contributed by atoms with van der Waals surface area (Å²) < 4.78 is 9.04. The van der Waals surface area contributed by atoms with Gasteiger partial charge in [0.1, 0.15) is 5.00 Å². The molecule has 0 saturated carbocycles. The van der Waals surface area contributed by atoms with Crippen molar-refractivity contribution >= 4 is 34.2 Å². The average molecular weight is 278 g/mol. The molecule has 2 N–H and O–H groups in total. The second-order valence-corrected chi connectivity index (χ2v) is 4.72. The van der Waals surface area contributed by atoms with E-state index in [4.69, 9.17) is 16.3 Å². The summed E-state index contributed by atoms with van der Waals surface area (Å²) in [7, 11) is 1.60. The van der Waals surface area contributed by atoms with E-state index in [2.05, 4.69) is 15.0 Å². The second kappa shape index (κ2) is 6.78. The summed E-state index contributed by atoms with van der Waals surface area (Å²) in [5.41, 5.74) is 0.718. The van der Waals surface area contributed by atoms with Crippen molar-refractivity contribution in [1.82, 2.24) is 9.69 Å². The quantitative estimate of drug-likeness (QED) is 0.870. The molecular formula is C10H16ClN3O2S. The van der Waals surface area contributed by atoms with E-state index in [-0.39, 0.29) is 12.1 Å². The highest BCUT2D eigenvalue weighted by Crippen LogP contribution is 2.29. The molecule has 96 valence electrons. The largest absolute Gasteiger partial charge is 0.383 e. The number of nitrogens with zero attached hydrogens (tertiary/aromatic N) is 1. The normalized spacial score (nSPS) is 12.2. The SMILES string of the molecule is CC[C@H](COC)NC(=O)Nc1snc(C)c1Cl. The van der Waals surface area contributed by atoms with E-state index in [0.717, 1.165) is 12.1 Å². The summed E-state index contributed by atoms with van der Waals surface area (Å²) in [5, 5.41) is 6.52. The number of urea groups is 1. The minimum atomic E-state index is -0.292.